The van der Waals surface area contributed by atoms with Gasteiger partial charge in [-0.3, -0.25) is 4.79 Å². The quantitative estimate of drug-likeness (QED) is 0.702. The van der Waals surface area contributed by atoms with E-state index in [4.69, 9.17) is 0 Å². The second-order valence-electron chi connectivity index (χ2n) is 4.53. The van der Waals surface area contributed by atoms with E-state index in [0.29, 0.717) is 0 Å². The molecule has 0 aliphatic rings. The molecule has 0 aliphatic heterocycles. The number of benzene rings is 2. The van der Waals surface area contributed by atoms with Crippen molar-refractivity contribution in [2.45, 2.75) is 20.8 Å². The maximum atomic E-state index is 11.1. The van der Waals surface area contributed by atoms with Crippen molar-refractivity contribution in [3.63, 3.8) is 0 Å². The molecule has 0 saturated heterocycles. The van der Waals surface area contributed by atoms with E-state index < -0.39 is 0 Å². The first-order valence-corrected chi connectivity index (χ1v) is 5.75. The van der Waals surface area contributed by atoms with Crippen molar-refractivity contribution >= 4 is 6.29 Å². The van der Waals surface area contributed by atoms with Crippen LogP contribution < -0.4 is 0 Å². The first-order chi connectivity index (χ1) is 8.11. The molecule has 1 heteroatoms. The van der Waals surface area contributed by atoms with Crippen LogP contribution in [0.1, 0.15) is 27.0 Å². The van der Waals surface area contributed by atoms with E-state index in [0.717, 1.165) is 23.0 Å². The number of hydrogen-bond donors (Lipinski definition) is 0. The lowest BCUT2D eigenvalue weighted by Crippen LogP contribution is -1.91. The van der Waals surface area contributed by atoms with E-state index in [-0.39, 0.29) is 0 Å². The van der Waals surface area contributed by atoms with Gasteiger partial charge in [0.2, 0.25) is 0 Å². The maximum absolute atomic E-state index is 11.1. The lowest BCUT2D eigenvalue weighted by Gasteiger charge is -2.10. The molecule has 0 saturated carbocycles. The SMILES string of the molecule is Cc1ccc(-c2cc(C)ccc2C=O)c(C)c1. The van der Waals surface area contributed by atoms with E-state index in [1.807, 2.05) is 19.1 Å². The predicted octanol–water partition coefficient (Wildman–Crippen LogP) is 4.09. The van der Waals surface area contributed by atoms with Crippen LogP contribution in [0.4, 0.5) is 0 Å². The zero-order valence-electron chi connectivity index (χ0n) is 10.4. The molecule has 2 aromatic carbocycles. The van der Waals surface area contributed by atoms with Crippen molar-refractivity contribution in [3.05, 3.63) is 58.7 Å². The van der Waals surface area contributed by atoms with E-state index in [2.05, 4.69) is 38.1 Å². The first kappa shape index (κ1) is 11.6. The Kier molecular flexibility index (Phi) is 3.10. The molecule has 17 heavy (non-hydrogen) atoms. The van der Waals surface area contributed by atoms with E-state index >= 15 is 0 Å². The van der Waals surface area contributed by atoms with Crippen LogP contribution in [0.2, 0.25) is 0 Å². The van der Waals surface area contributed by atoms with Crippen molar-refractivity contribution in [1.82, 2.24) is 0 Å². The summed E-state index contributed by atoms with van der Waals surface area (Å²) in [6.45, 7) is 6.20. The van der Waals surface area contributed by atoms with Gasteiger partial charge in [0.25, 0.3) is 0 Å². The summed E-state index contributed by atoms with van der Waals surface area (Å²) in [5.41, 5.74) is 6.54. The van der Waals surface area contributed by atoms with Crippen LogP contribution in [0, 0.1) is 20.8 Å². The van der Waals surface area contributed by atoms with Crippen LogP contribution >= 0.6 is 0 Å². The summed E-state index contributed by atoms with van der Waals surface area (Å²) in [6, 6.07) is 12.2. The Morgan fingerprint density at radius 3 is 2.12 bits per heavy atom. The molecule has 0 bridgehead atoms. The lowest BCUT2D eigenvalue weighted by molar-refractivity contribution is 0.112. The summed E-state index contributed by atoms with van der Waals surface area (Å²) < 4.78 is 0. The zero-order valence-corrected chi connectivity index (χ0v) is 10.4. The Morgan fingerprint density at radius 1 is 0.824 bits per heavy atom. The topological polar surface area (TPSA) is 17.1 Å². The highest BCUT2D eigenvalue weighted by molar-refractivity contribution is 5.88. The van der Waals surface area contributed by atoms with Crippen molar-refractivity contribution in [1.29, 1.82) is 0 Å². The summed E-state index contributed by atoms with van der Waals surface area (Å²) in [5.74, 6) is 0. The van der Waals surface area contributed by atoms with Gasteiger partial charge in [-0.2, -0.15) is 0 Å². The third kappa shape index (κ3) is 2.28. The van der Waals surface area contributed by atoms with Gasteiger partial charge in [-0.1, -0.05) is 47.5 Å². The average Bonchev–Trinajstić information content (AvgIpc) is 2.29. The molecule has 2 aromatic rings. The highest BCUT2D eigenvalue weighted by Crippen LogP contribution is 2.27. The number of carbonyl (C=O) groups excluding carboxylic acids is 1. The Labute approximate surface area is 102 Å². The molecule has 0 radical (unpaired) electrons. The third-order valence-electron chi connectivity index (χ3n) is 3.01. The Morgan fingerprint density at radius 2 is 1.47 bits per heavy atom. The van der Waals surface area contributed by atoms with Crippen LogP contribution in [0.15, 0.2) is 36.4 Å². The number of aryl methyl sites for hydroxylation is 3. The van der Waals surface area contributed by atoms with Crippen LogP contribution in [0.25, 0.3) is 11.1 Å². The fourth-order valence-corrected chi connectivity index (χ4v) is 2.12. The molecule has 0 heterocycles. The second-order valence-corrected chi connectivity index (χ2v) is 4.53. The molecule has 0 amide bonds. The fourth-order valence-electron chi connectivity index (χ4n) is 2.12. The number of rotatable bonds is 2. The van der Waals surface area contributed by atoms with Gasteiger partial charge in [-0.25, -0.2) is 0 Å². The second kappa shape index (κ2) is 4.54. The summed E-state index contributed by atoms with van der Waals surface area (Å²) >= 11 is 0. The summed E-state index contributed by atoms with van der Waals surface area (Å²) in [6.07, 6.45) is 0.925. The van der Waals surface area contributed by atoms with Gasteiger partial charge in [-0.15, -0.1) is 0 Å². The monoisotopic (exact) mass is 224 g/mol. The molecular formula is C16H16O. The van der Waals surface area contributed by atoms with E-state index in [9.17, 15) is 4.79 Å². The Balaban J connectivity index is 2.66. The van der Waals surface area contributed by atoms with Crippen LogP contribution in [0.3, 0.4) is 0 Å². The number of hydrogen-bond acceptors (Lipinski definition) is 1. The van der Waals surface area contributed by atoms with Crippen LogP contribution in [0.5, 0.6) is 0 Å². The standard InChI is InChI=1S/C16H16O/c1-11-5-7-15(13(3)8-11)16-9-12(2)4-6-14(16)10-17/h4-10H,1-3H3. The van der Waals surface area contributed by atoms with Gasteiger partial charge in [0.1, 0.15) is 0 Å². The van der Waals surface area contributed by atoms with Gasteiger partial charge in [0.15, 0.2) is 6.29 Å². The van der Waals surface area contributed by atoms with Crippen molar-refractivity contribution in [3.8, 4) is 11.1 Å². The van der Waals surface area contributed by atoms with Gasteiger partial charge in [-0.05, 0) is 37.5 Å². The van der Waals surface area contributed by atoms with Gasteiger partial charge < -0.3 is 0 Å². The largest absolute Gasteiger partial charge is 0.298 e. The molecule has 0 atom stereocenters. The number of aldehydes is 1. The molecular weight excluding hydrogens is 208 g/mol. The fraction of sp³-hybridized carbons (Fsp3) is 0.188. The van der Waals surface area contributed by atoms with E-state index in [1.165, 1.54) is 16.7 Å². The molecule has 0 aliphatic carbocycles. The Hall–Kier alpha value is -1.89. The smallest absolute Gasteiger partial charge is 0.150 e. The molecule has 0 spiro atoms. The zero-order chi connectivity index (χ0) is 12.4. The normalized spacial score (nSPS) is 10.3. The number of carbonyl (C=O) groups is 1. The molecule has 0 N–H and O–H groups in total. The highest BCUT2D eigenvalue weighted by atomic mass is 16.1. The van der Waals surface area contributed by atoms with Crippen molar-refractivity contribution < 1.29 is 4.79 Å². The van der Waals surface area contributed by atoms with Gasteiger partial charge in [0, 0.05) is 5.56 Å². The van der Waals surface area contributed by atoms with E-state index in [1.54, 1.807) is 0 Å². The predicted molar refractivity (Wildman–Crippen MR) is 71.5 cm³/mol. The summed E-state index contributed by atoms with van der Waals surface area (Å²) in [5, 5.41) is 0. The maximum Gasteiger partial charge on any atom is 0.150 e. The summed E-state index contributed by atoms with van der Waals surface area (Å²) in [7, 11) is 0. The average molecular weight is 224 g/mol. The first-order valence-electron chi connectivity index (χ1n) is 5.75. The molecule has 2 rings (SSSR count). The molecule has 0 aromatic heterocycles. The molecule has 0 fully saturated rings. The van der Waals surface area contributed by atoms with Gasteiger partial charge >= 0.3 is 0 Å². The molecule has 0 unspecified atom stereocenters. The van der Waals surface area contributed by atoms with Crippen molar-refractivity contribution in [2.75, 3.05) is 0 Å². The van der Waals surface area contributed by atoms with Crippen molar-refractivity contribution in [2.24, 2.45) is 0 Å². The summed E-state index contributed by atoms with van der Waals surface area (Å²) in [4.78, 5) is 11.1. The lowest BCUT2D eigenvalue weighted by atomic mass is 9.94. The van der Waals surface area contributed by atoms with Crippen LogP contribution in [-0.4, -0.2) is 6.29 Å². The minimum Gasteiger partial charge on any atom is -0.298 e. The minimum atomic E-state index is 0.752. The van der Waals surface area contributed by atoms with Crippen LogP contribution in [-0.2, 0) is 0 Å². The third-order valence-corrected chi connectivity index (χ3v) is 3.01. The van der Waals surface area contributed by atoms with Gasteiger partial charge in [0.05, 0.1) is 0 Å². The minimum absolute atomic E-state index is 0.752. The Bertz CT molecular complexity index is 568. The molecule has 86 valence electrons. The highest BCUT2D eigenvalue weighted by Gasteiger charge is 2.07. The molecule has 1 nitrogen and oxygen atoms in total.